The first-order chi connectivity index (χ1) is 8.08. The van der Waals surface area contributed by atoms with Crippen molar-refractivity contribution in [3.05, 3.63) is 62.6 Å². The molecular weight excluding hydrogens is 261 g/mol. The maximum Gasteiger partial charge on any atom is 0.270 e. The molecule has 0 radical (unpaired) electrons. The predicted molar refractivity (Wildman–Crippen MR) is 68.6 cm³/mol. The summed E-state index contributed by atoms with van der Waals surface area (Å²) in [6.45, 7) is 0. The third-order valence-electron chi connectivity index (χ3n) is 2.30. The Morgan fingerprint density at radius 1 is 1.06 bits per heavy atom. The van der Waals surface area contributed by atoms with Gasteiger partial charge in [0.25, 0.3) is 5.69 Å². The Balaban J connectivity index is 2.53. The van der Waals surface area contributed by atoms with E-state index in [-0.39, 0.29) is 5.69 Å². The topological polar surface area (TPSA) is 43.1 Å². The Bertz CT molecular complexity index is 584. The van der Waals surface area contributed by atoms with Gasteiger partial charge in [-0.25, -0.2) is 0 Å². The second-order valence-electron chi connectivity index (χ2n) is 3.43. The van der Waals surface area contributed by atoms with Crippen LogP contribution in [0, 0.1) is 10.1 Å². The Morgan fingerprint density at radius 2 is 1.82 bits per heavy atom. The summed E-state index contributed by atoms with van der Waals surface area (Å²) in [6, 6.07) is 11.4. The van der Waals surface area contributed by atoms with Crippen molar-refractivity contribution in [2.45, 2.75) is 0 Å². The molecule has 0 saturated carbocycles. The van der Waals surface area contributed by atoms with Gasteiger partial charge in [0.05, 0.1) is 4.92 Å². The third-order valence-corrected chi connectivity index (χ3v) is 2.85. The number of non-ortho nitro benzene ring substituents is 1. The average molecular weight is 268 g/mol. The van der Waals surface area contributed by atoms with Crippen molar-refractivity contribution >= 4 is 28.9 Å². The average Bonchev–Trinajstić information content (AvgIpc) is 2.29. The highest BCUT2D eigenvalue weighted by Crippen LogP contribution is 2.31. The first-order valence-corrected chi connectivity index (χ1v) is 5.53. The second-order valence-corrected chi connectivity index (χ2v) is 4.28. The smallest absolute Gasteiger partial charge is 0.258 e. The zero-order valence-electron chi connectivity index (χ0n) is 8.56. The first-order valence-electron chi connectivity index (χ1n) is 4.78. The molecule has 0 saturated heterocycles. The highest BCUT2D eigenvalue weighted by Gasteiger charge is 2.09. The van der Waals surface area contributed by atoms with Gasteiger partial charge in [-0.05, 0) is 17.7 Å². The minimum atomic E-state index is -0.437. The fraction of sp³-hybridized carbons (Fsp3) is 0. The molecule has 0 N–H and O–H groups in total. The second kappa shape index (κ2) is 4.73. The minimum Gasteiger partial charge on any atom is -0.258 e. The number of benzene rings is 2. The summed E-state index contributed by atoms with van der Waals surface area (Å²) in [6.07, 6.45) is 0. The molecule has 2 aromatic carbocycles. The van der Waals surface area contributed by atoms with E-state index in [0.29, 0.717) is 15.6 Å². The Labute approximate surface area is 108 Å². The van der Waals surface area contributed by atoms with Crippen LogP contribution in [0.4, 0.5) is 5.69 Å². The number of nitrogens with zero attached hydrogens (tertiary/aromatic N) is 1. The van der Waals surface area contributed by atoms with Crippen LogP contribution < -0.4 is 0 Å². The van der Waals surface area contributed by atoms with Gasteiger partial charge in [0.1, 0.15) is 0 Å². The van der Waals surface area contributed by atoms with E-state index >= 15 is 0 Å². The van der Waals surface area contributed by atoms with Gasteiger partial charge in [0.2, 0.25) is 0 Å². The van der Waals surface area contributed by atoms with Gasteiger partial charge in [-0.1, -0.05) is 41.4 Å². The maximum atomic E-state index is 10.7. The van der Waals surface area contributed by atoms with E-state index in [4.69, 9.17) is 23.2 Å². The molecule has 0 aliphatic rings. The van der Waals surface area contributed by atoms with E-state index in [9.17, 15) is 10.1 Å². The largest absolute Gasteiger partial charge is 0.270 e. The van der Waals surface area contributed by atoms with Crippen molar-refractivity contribution in [2.24, 2.45) is 0 Å². The van der Waals surface area contributed by atoms with E-state index in [0.717, 1.165) is 5.56 Å². The summed E-state index contributed by atoms with van der Waals surface area (Å²) in [4.78, 5) is 10.2. The molecule has 0 spiro atoms. The molecule has 0 amide bonds. The van der Waals surface area contributed by atoms with E-state index in [1.807, 2.05) is 0 Å². The summed E-state index contributed by atoms with van der Waals surface area (Å²) in [7, 11) is 0. The molecule has 0 fully saturated rings. The summed E-state index contributed by atoms with van der Waals surface area (Å²) >= 11 is 11.8. The van der Waals surface area contributed by atoms with Crippen molar-refractivity contribution in [2.75, 3.05) is 0 Å². The van der Waals surface area contributed by atoms with Gasteiger partial charge in [0, 0.05) is 27.7 Å². The number of hydrogen-bond acceptors (Lipinski definition) is 2. The summed E-state index contributed by atoms with van der Waals surface area (Å²) in [5.41, 5.74) is 1.45. The van der Waals surface area contributed by atoms with Crippen LogP contribution in [0.25, 0.3) is 11.1 Å². The molecule has 0 atom stereocenters. The Hall–Kier alpha value is -1.58. The predicted octanol–water partition coefficient (Wildman–Crippen LogP) is 4.57. The van der Waals surface area contributed by atoms with Crippen LogP contribution in [0.1, 0.15) is 0 Å². The van der Waals surface area contributed by atoms with E-state index < -0.39 is 4.92 Å². The zero-order valence-corrected chi connectivity index (χ0v) is 10.1. The van der Waals surface area contributed by atoms with Crippen molar-refractivity contribution < 1.29 is 4.92 Å². The van der Waals surface area contributed by atoms with Crippen LogP contribution in [0.15, 0.2) is 42.5 Å². The quantitative estimate of drug-likeness (QED) is 0.591. The Morgan fingerprint density at radius 3 is 2.47 bits per heavy atom. The summed E-state index contributed by atoms with van der Waals surface area (Å²) < 4.78 is 0. The van der Waals surface area contributed by atoms with Crippen LogP contribution in [0.2, 0.25) is 10.0 Å². The van der Waals surface area contributed by atoms with Crippen LogP contribution in [0.3, 0.4) is 0 Å². The van der Waals surface area contributed by atoms with Crippen molar-refractivity contribution in [1.29, 1.82) is 0 Å². The van der Waals surface area contributed by atoms with Crippen molar-refractivity contribution in [3.8, 4) is 11.1 Å². The number of rotatable bonds is 2. The van der Waals surface area contributed by atoms with E-state index in [1.165, 1.54) is 12.1 Å². The molecule has 5 heteroatoms. The first kappa shape index (κ1) is 11.9. The van der Waals surface area contributed by atoms with Gasteiger partial charge in [-0.3, -0.25) is 10.1 Å². The molecule has 0 aliphatic heterocycles. The van der Waals surface area contributed by atoms with Crippen LogP contribution in [-0.4, -0.2) is 4.92 Å². The minimum absolute atomic E-state index is 0.0357. The number of hydrogen-bond donors (Lipinski definition) is 0. The lowest BCUT2D eigenvalue weighted by atomic mass is 10.1. The van der Waals surface area contributed by atoms with Crippen LogP contribution in [0.5, 0.6) is 0 Å². The van der Waals surface area contributed by atoms with E-state index in [2.05, 4.69) is 0 Å². The fourth-order valence-corrected chi connectivity index (χ4v) is 2.03. The highest BCUT2D eigenvalue weighted by atomic mass is 35.5. The zero-order chi connectivity index (χ0) is 12.4. The Kier molecular flexibility index (Phi) is 3.31. The molecule has 0 unspecified atom stereocenters. The molecule has 0 aromatic heterocycles. The lowest BCUT2D eigenvalue weighted by Crippen LogP contribution is -1.88. The molecule has 2 rings (SSSR count). The van der Waals surface area contributed by atoms with Gasteiger partial charge in [0.15, 0.2) is 0 Å². The molecule has 17 heavy (non-hydrogen) atoms. The van der Waals surface area contributed by atoms with Crippen LogP contribution >= 0.6 is 23.2 Å². The molecule has 2 aromatic rings. The van der Waals surface area contributed by atoms with Gasteiger partial charge in [-0.15, -0.1) is 0 Å². The fourth-order valence-electron chi connectivity index (χ4n) is 1.51. The maximum absolute atomic E-state index is 10.7. The molecule has 86 valence electrons. The van der Waals surface area contributed by atoms with Gasteiger partial charge in [-0.2, -0.15) is 0 Å². The standard InChI is InChI=1S/C12H7Cl2NO2/c13-9-4-5-11(12(14)7-9)8-2-1-3-10(6-8)15(16)17/h1-7H. The lowest BCUT2D eigenvalue weighted by Gasteiger charge is -2.04. The normalized spacial score (nSPS) is 10.2. The molecule has 0 heterocycles. The molecule has 0 aliphatic carbocycles. The molecule has 0 bridgehead atoms. The number of halogens is 2. The van der Waals surface area contributed by atoms with Gasteiger partial charge >= 0.3 is 0 Å². The SMILES string of the molecule is O=[N+]([O-])c1cccc(-c2ccc(Cl)cc2Cl)c1. The monoisotopic (exact) mass is 267 g/mol. The molecular formula is C12H7Cl2NO2. The van der Waals surface area contributed by atoms with Gasteiger partial charge < -0.3 is 0 Å². The van der Waals surface area contributed by atoms with Crippen LogP contribution in [-0.2, 0) is 0 Å². The lowest BCUT2D eigenvalue weighted by molar-refractivity contribution is -0.384. The van der Waals surface area contributed by atoms with E-state index in [1.54, 1.807) is 30.3 Å². The summed E-state index contributed by atoms with van der Waals surface area (Å²) in [5.74, 6) is 0. The highest BCUT2D eigenvalue weighted by molar-refractivity contribution is 6.36. The molecule has 3 nitrogen and oxygen atoms in total. The summed E-state index contributed by atoms with van der Waals surface area (Å²) in [5, 5.41) is 11.7. The van der Waals surface area contributed by atoms with Crippen molar-refractivity contribution in [3.63, 3.8) is 0 Å². The number of nitro groups is 1. The number of nitro benzene ring substituents is 1. The van der Waals surface area contributed by atoms with Crippen molar-refractivity contribution in [1.82, 2.24) is 0 Å². The third kappa shape index (κ3) is 2.57.